The Kier molecular flexibility index (Phi) is 4.89. The van der Waals surface area contributed by atoms with Crippen LogP contribution in [0.5, 0.6) is 0 Å². The lowest BCUT2D eigenvalue weighted by molar-refractivity contribution is 0.0636. The first kappa shape index (κ1) is 19.9. The number of aliphatic hydroxyl groups is 1. The lowest BCUT2D eigenvalue weighted by atomic mass is 9.84. The zero-order chi connectivity index (χ0) is 21.0. The molecule has 6 nitrogen and oxygen atoms in total. The van der Waals surface area contributed by atoms with Gasteiger partial charge in [0.1, 0.15) is 11.4 Å². The van der Waals surface area contributed by atoms with Crippen molar-refractivity contribution in [2.24, 2.45) is 11.8 Å². The summed E-state index contributed by atoms with van der Waals surface area (Å²) < 4.78 is 17.2. The maximum absolute atomic E-state index is 15.3. The molecule has 1 aromatic heterocycles. The molecule has 1 aromatic carbocycles. The molecule has 0 amide bonds. The fourth-order valence-electron chi connectivity index (χ4n) is 4.96. The second-order valence-corrected chi connectivity index (χ2v) is 8.76. The van der Waals surface area contributed by atoms with Crippen molar-refractivity contribution in [1.29, 1.82) is 0 Å². The average Bonchev–Trinajstić information content (AvgIpc) is 2.66. The lowest BCUT2D eigenvalue weighted by Crippen LogP contribution is -2.46. The molecule has 3 atom stereocenters. The molecule has 4 rings (SSSR count). The van der Waals surface area contributed by atoms with Crippen molar-refractivity contribution in [3.8, 4) is 0 Å². The number of aliphatic hydroxyl groups excluding tert-OH is 1. The maximum atomic E-state index is 15.3. The van der Waals surface area contributed by atoms with E-state index in [1.807, 2.05) is 16.4 Å². The number of benzene rings is 1. The number of halogens is 1. The molecule has 1 saturated heterocycles. The number of pyridine rings is 1. The number of nitrogens with zero attached hydrogens (tertiary/aromatic N) is 2. The molecule has 1 fully saturated rings. The SMILES string of the molecule is CC(C)C1CN(c2c(F)cc3c(=O)c(C(=O)O)cn4c3c2CCC4C)CC[C@@H]1O. The standard InChI is InChI=1S/C22H27FN2O4/c1-11(2)15-9-24(7-6-18(15)26)20-13-5-4-12(3)25-10-16(22(28)29)21(27)14(19(13)25)8-17(20)23/h8,10-12,15,18,26H,4-7,9H2,1-3H3,(H,28,29)/t12?,15?,18-/m0/s1. The van der Waals surface area contributed by atoms with Crippen LogP contribution in [-0.2, 0) is 6.42 Å². The van der Waals surface area contributed by atoms with E-state index in [-0.39, 0.29) is 28.8 Å². The fraction of sp³-hybridized carbons (Fsp3) is 0.545. The Morgan fingerprint density at radius 3 is 2.69 bits per heavy atom. The quantitative estimate of drug-likeness (QED) is 0.824. The van der Waals surface area contributed by atoms with Crippen LogP contribution in [0.25, 0.3) is 10.9 Å². The van der Waals surface area contributed by atoms with Gasteiger partial charge in [-0.1, -0.05) is 13.8 Å². The van der Waals surface area contributed by atoms with Crippen molar-refractivity contribution < 1.29 is 19.4 Å². The maximum Gasteiger partial charge on any atom is 0.341 e. The smallest absolute Gasteiger partial charge is 0.341 e. The van der Waals surface area contributed by atoms with Gasteiger partial charge in [0.2, 0.25) is 5.43 Å². The van der Waals surface area contributed by atoms with Gasteiger partial charge in [-0.3, -0.25) is 4.79 Å². The summed E-state index contributed by atoms with van der Waals surface area (Å²) in [5, 5.41) is 19.9. The van der Waals surface area contributed by atoms with Gasteiger partial charge in [-0.05, 0) is 38.2 Å². The number of anilines is 1. The number of hydrogen-bond acceptors (Lipinski definition) is 4. The predicted molar refractivity (Wildman–Crippen MR) is 109 cm³/mol. The number of rotatable bonds is 3. The molecule has 3 heterocycles. The van der Waals surface area contributed by atoms with E-state index < -0.39 is 23.3 Å². The number of carboxylic acid groups (broad SMARTS) is 1. The van der Waals surface area contributed by atoms with Gasteiger partial charge in [-0.2, -0.15) is 0 Å². The molecule has 0 radical (unpaired) electrons. The number of hydrogen-bond donors (Lipinski definition) is 2. The number of aryl methyl sites for hydroxylation is 1. The molecule has 0 bridgehead atoms. The predicted octanol–water partition coefficient (Wildman–Crippen LogP) is 3.19. The monoisotopic (exact) mass is 402 g/mol. The van der Waals surface area contributed by atoms with Crippen LogP contribution in [0.15, 0.2) is 17.1 Å². The van der Waals surface area contributed by atoms with Crippen molar-refractivity contribution >= 4 is 22.6 Å². The summed E-state index contributed by atoms with van der Waals surface area (Å²) in [6.07, 6.45) is 2.94. The number of carbonyl (C=O) groups is 1. The Hall–Kier alpha value is -2.41. The molecular formula is C22H27FN2O4. The third-order valence-corrected chi connectivity index (χ3v) is 6.65. The third-order valence-electron chi connectivity index (χ3n) is 6.65. The minimum Gasteiger partial charge on any atom is -0.477 e. The number of carboxylic acids is 1. The summed E-state index contributed by atoms with van der Waals surface area (Å²) in [6, 6.07) is 1.22. The van der Waals surface area contributed by atoms with Crippen LogP contribution in [0.4, 0.5) is 10.1 Å². The van der Waals surface area contributed by atoms with Crippen molar-refractivity contribution in [2.75, 3.05) is 18.0 Å². The van der Waals surface area contributed by atoms with Gasteiger partial charge < -0.3 is 19.7 Å². The number of aromatic carboxylic acids is 1. The van der Waals surface area contributed by atoms with E-state index in [1.165, 1.54) is 12.3 Å². The van der Waals surface area contributed by atoms with E-state index in [1.54, 1.807) is 0 Å². The molecule has 156 valence electrons. The highest BCUT2D eigenvalue weighted by Crippen LogP contribution is 2.40. The highest BCUT2D eigenvalue weighted by Gasteiger charge is 2.34. The molecule has 2 N–H and O–H groups in total. The van der Waals surface area contributed by atoms with E-state index >= 15 is 4.39 Å². The average molecular weight is 402 g/mol. The summed E-state index contributed by atoms with van der Waals surface area (Å²) in [7, 11) is 0. The Labute approximate surface area is 168 Å². The highest BCUT2D eigenvalue weighted by molar-refractivity contribution is 5.95. The van der Waals surface area contributed by atoms with Gasteiger partial charge in [0.05, 0.1) is 17.3 Å². The largest absolute Gasteiger partial charge is 0.477 e. The summed E-state index contributed by atoms with van der Waals surface area (Å²) in [5.41, 5.74) is 0.940. The van der Waals surface area contributed by atoms with E-state index in [9.17, 15) is 19.8 Å². The van der Waals surface area contributed by atoms with Gasteiger partial charge >= 0.3 is 5.97 Å². The van der Waals surface area contributed by atoms with Gasteiger partial charge in [-0.25, -0.2) is 9.18 Å². The molecular weight excluding hydrogens is 375 g/mol. The molecule has 2 aliphatic heterocycles. The van der Waals surface area contributed by atoms with E-state index in [0.717, 1.165) is 12.0 Å². The zero-order valence-corrected chi connectivity index (χ0v) is 17.0. The molecule has 2 aliphatic rings. The molecule has 0 spiro atoms. The second kappa shape index (κ2) is 7.13. The summed E-state index contributed by atoms with van der Waals surface area (Å²) in [4.78, 5) is 26.3. The molecule has 7 heteroatoms. The van der Waals surface area contributed by atoms with Gasteiger partial charge in [0.15, 0.2) is 0 Å². The van der Waals surface area contributed by atoms with E-state index in [0.29, 0.717) is 37.1 Å². The molecule has 0 saturated carbocycles. The minimum absolute atomic E-state index is 0.0219. The first-order chi connectivity index (χ1) is 13.7. The number of aromatic nitrogens is 1. The Morgan fingerprint density at radius 2 is 2.03 bits per heavy atom. The van der Waals surface area contributed by atoms with Crippen LogP contribution in [0.3, 0.4) is 0 Å². The van der Waals surface area contributed by atoms with Crippen molar-refractivity contribution in [3.05, 3.63) is 39.4 Å². The van der Waals surface area contributed by atoms with E-state index in [2.05, 4.69) is 13.8 Å². The van der Waals surface area contributed by atoms with Crippen LogP contribution in [0, 0.1) is 17.7 Å². The first-order valence-electron chi connectivity index (χ1n) is 10.3. The first-order valence-corrected chi connectivity index (χ1v) is 10.3. The van der Waals surface area contributed by atoms with Gasteiger partial charge in [-0.15, -0.1) is 0 Å². The molecule has 29 heavy (non-hydrogen) atoms. The summed E-state index contributed by atoms with van der Waals surface area (Å²) in [6.45, 7) is 7.21. The van der Waals surface area contributed by atoms with Crippen molar-refractivity contribution in [2.45, 2.75) is 52.2 Å². The van der Waals surface area contributed by atoms with Crippen LogP contribution in [-0.4, -0.2) is 39.9 Å². The molecule has 2 aromatic rings. The Bertz CT molecular complexity index is 1050. The normalized spacial score (nSPS) is 24.3. The summed E-state index contributed by atoms with van der Waals surface area (Å²) in [5.74, 6) is -1.48. The fourth-order valence-corrected chi connectivity index (χ4v) is 4.96. The van der Waals surface area contributed by atoms with Crippen LogP contribution in [0.1, 0.15) is 55.6 Å². The highest BCUT2D eigenvalue weighted by atomic mass is 19.1. The zero-order valence-electron chi connectivity index (χ0n) is 17.0. The van der Waals surface area contributed by atoms with Crippen LogP contribution < -0.4 is 10.3 Å². The van der Waals surface area contributed by atoms with Crippen molar-refractivity contribution in [3.63, 3.8) is 0 Å². The second-order valence-electron chi connectivity index (χ2n) is 8.76. The lowest BCUT2D eigenvalue weighted by Gasteiger charge is -2.41. The Balaban J connectivity index is 1.94. The van der Waals surface area contributed by atoms with Gasteiger partial charge in [0.25, 0.3) is 0 Å². The Morgan fingerprint density at radius 1 is 1.31 bits per heavy atom. The van der Waals surface area contributed by atoms with Gasteiger partial charge in [0, 0.05) is 42.2 Å². The minimum atomic E-state index is -1.30. The summed E-state index contributed by atoms with van der Waals surface area (Å²) >= 11 is 0. The molecule has 2 unspecified atom stereocenters. The third kappa shape index (κ3) is 3.12. The van der Waals surface area contributed by atoms with E-state index in [4.69, 9.17) is 0 Å². The topological polar surface area (TPSA) is 82.8 Å². The number of piperidine rings is 1. The van der Waals surface area contributed by atoms with Crippen LogP contribution in [0.2, 0.25) is 0 Å². The molecule has 0 aliphatic carbocycles. The van der Waals surface area contributed by atoms with Crippen molar-refractivity contribution in [1.82, 2.24) is 4.57 Å². The van der Waals surface area contributed by atoms with Crippen LogP contribution >= 0.6 is 0 Å².